The van der Waals surface area contributed by atoms with Gasteiger partial charge in [-0.3, -0.25) is 18.7 Å². The van der Waals surface area contributed by atoms with Crippen LogP contribution in [0.2, 0.25) is 0 Å². The van der Waals surface area contributed by atoms with E-state index in [0.29, 0.717) is 44.2 Å². The quantitative estimate of drug-likeness (QED) is 0.254. The summed E-state index contributed by atoms with van der Waals surface area (Å²) in [4.78, 5) is 25.8. The highest BCUT2D eigenvalue weighted by atomic mass is 32.2. The van der Waals surface area contributed by atoms with Gasteiger partial charge in [-0.1, -0.05) is 6.07 Å². The maximum absolute atomic E-state index is 15.3. The predicted molar refractivity (Wildman–Crippen MR) is 155 cm³/mol. The van der Waals surface area contributed by atoms with Crippen molar-refractivity contribution in [3.05, 3.63) is 96.2 Å². The van der Waals surface area contributed by atoms with E-state index in [9.17, 15) is 9.00 Å². The van der Waals surface area contributed by atoms with E-state index in [0.717, 1.165) is 0 Å². The van der Waals surface area contributed by atoms with Gasteiger partial charge in [-0.2, -0.15) is 5.10 Å². The number of benzene rings is 2. The second kappa shape index (κ2) is 11.5. The topological polar surface area (TPSA) is 112 Å². The van der Waals surface area contributed by atoms with Gasteiger partial charge in [-0.25, -0.2) is 14.4 Å². The Kier molecular flexibility index (Phi) is 7.89. The fourth-order valence-corrected chi connectivity index (χ4v) is 5.24. The van der Waals surface area contributed by atoms with Crippen LogP contribution < -0.4 is 10.1 Å². The molecule has 0 bridgehead atoms. The molecule has 1 unspecified atom stereocenters. The summed E-state index contributed by atoms with van der Waals surface area (Å²) in [5, 5.41) is 7.68. The van der Waals surface area contributed by atoms with Crippen molar-refractivity contribution in [2.75, 3.05) is 5.32 Å². The molecular weight excluding hydrogens is 543 g/mol. The van der Waals surface area contributed by atoms with Gasteiger partial charge in [-0.15, -0.1) is 0 Å². The number of rotatable bonds is 8. The first kappa shape index (κ1) is 28.0. The molecule has 0 aliphatic heterocycles. The van der Waals surface area contributed by atoms with Crippen molar-refractivity contribution >= 4 is 33.3 Å². The van der Waals surface area contributed by atoms with E-state index >= 15 is 4.39 Å². The fraction of sp³-hybridized carbons (Fsp3) is 0.233. The molecule has 0 spiro atoms. The third-order valence-corrected chi connectivity index (χ3v) is 7.53. The van der Waals surface area contributed by atoms with Gasteiger partial charge in [-0.05, 0) is 75.2 Å². The number of amides is 1. The smallest absolute Gasteiger partial charge is 0.228 e. The molecule has 0 saturated heterocycles. The Bertz CT molecular complexity index is 1730. The van der Waals surface area contributed by atoms with Crippen molar-refractivity contribution in [2.45, 2.75) is 50.3 Å². The number of anilines is 1. The van der Waals surface area contributed by atoms with Gasteiger partial charge in [0.25, 0.3) is 0 Å². The van der Waals surface area contributed by atoms with Crippen molar-refractivity contribution in [3.8, 4) is 11.5 Å². The van der Waals surface area contributed by atoms with Crippen LogP contribution in [0.25, 0.3) is 10.9 Å². The molecule has 1 N–H and O–H groups in total. The largest absolute Gasteiger partial charge is 0.453 e. The average molecular weight is 573 g/mol. The summed E-state index contributed by atoms with van der Waals surface area (Å²) >= 11 is 0. The maximum Gasteiger partial charge on any atom is 0.228 e. The lowest BCUT2D eigenvalue weighted by Gasteiger charge is -2.18. The van der Waals surface area contributed by atoms with Gasteiger partial charge in [0.15, 0.2) is 11.6 Å². The molecule has 5 aromatic rings. The first-order valence-corrected chi connectivity index (χ1v) is 14.2. The Morgan fingerprint density at radius 3 is 2.56 bits per heavy atom. The van der Waals surface area contributed by atoms with Gasteiger partial charge in [0, 0.05) is 35.1 Å². The lowest BCUT2D eigenvalue weighted by Crippen LogP contribution is -2.22. The number of nitrogens with zero attached hydrogens (tertiary/aromatic N) is 5. The summed E-state index contributed by atoms with van der Waals surface area (Å²) in [5.74, 6) is 0.155. The summed E-state index contributed by atoms with van der Waals surface area (Å²) < 4.78 is 36.1. The van der Waals surface area contributed by atoms with Gasteiger partial charge in [0.2, 0.25) is 5.91 Å². The molecule has 0 aliphatic carbocycles. The molecule has 2 aromatic carbocycles. The van der Waals surface area contributed by atoms with Crippen LogP contribution in [-0.2, 0) is 33.3 Å². The normalized spacial score (nSPS) is 12.3. The van der Waals surface area contributed by atoms with Crippen molar-refractivity contribution in [1.29, 1.82) is 0 Å². The van der Waals surface area contributed by atoms with Crippen molar-refractivity contribution < 1.29 is 18.1 Å². The fourth-order valence-electron chi connectivity index (χ4n) is 4.22. The molecular formula is C30H29FN6O3S. The van der Waals surface area contributed by atoms with Crippen LogP contribution in [0.15, 0.2) is 78.3 Å². The van der Waals surface area contributed by atoms with Crippen LogP contribution in [0.5, 0.6) is 11.5 Å². The van der Waals surface area contributed by atoms with Crippen molar-refractivity contribution in [3.63, 3.8) is 0 Å². The molecule has 11 heteroatoms. The van der Waals surface area contributed by atoms with E-state index < -0.39 is 16.6 Å². The van der Waals surface area contributed by atoms with Crippen LogP contribution in [0.1, 0.15) is 37.7 Å². The Morgan fingerprint density at radius 2 is 1.85 bits per heavy atom. The lowest BCUT2D eigenvalue weighted by molar-refractivity contribution is -0.115. The SMILES string of the molecule is Cc1cc(CC(=O)Nc2cnn(C(C)(C)C)c2)cc(F)c1Oc1ccnc2ccc(S(=O)Cc3ncccn3)cc12. The standard InChI is InChI=1S/C30H29FN6O3S/c1-19-12-20(14-28(38)36-21-16-35-37(17-21)30(2,3)4)13-24(31)29(19)40-26-8-11-32-25-7-6-22(15-23(25)26)41(39)18-27-33-9-5-10-34-27/h5-13,15-17H,14,18H2,1-4H3,(H,36,38). The minimum atomic E-state index is -1.41. The van der Waals surface area contributed by atoms with Crippen LogP contribution >= 0.6 is 0 Å². The maximum atomic E-state index is 15.3. The first-order chi connectivity index (χ1) is 19.6. The molecule has 0 saturated carbocycles. The number of nitrogens with one attached hydrogen (secondary N) is 1. The predicted octanol–water partition coefficient (Wildman–Crippen LogP) is 5.71. The molecule has 41 heavy (non-hydrogen) atoms. The van der Waals surface area contributed by atoms with E-state index in [1.54, 1.807) is 79.0 Å². The second-order valence-corrected chi connectivity index (χ2v) is 12.0. The van der Waals surface area contributed by atoms with E-state index in [2.05, 4.69) is 25.4 Å². The summed E-state index contributed by atoms with van der Waals surface area (Å²) in [7, 11) is -1.41. The Hall–Kier alpha value is -4.51. The zero-order valence-corrected chi connectivity index (χ0v) is 23.9. The van der Waals surface area contributed by atoms with Gasteiger partial charge < -0.3 is 10.1 Å². The monoisotopic (exact) mass is 572 g/mol. The third kappa shape index (κ3) is 6.63. The first-order valence-electron chi connectivity index (χ1n) is 12.9. The average Bonchev–Trinajstić information content (AvgIpc) is 3.40. The lowest BCUT2D eigenvalue weighted by atomic mass is 10.1. The number of halogens is 1. The minimum Gasteiger partial charge on any atom is -0.453 e. The number of aryl methyl sites for hydroxylation is 1. The second-order valence-electron chi connectivity index (χ2n) is 10.5. The van der Waals surface area contributed by atoms with E-state index in [1.165, 1.54) is 6.07 Å². The van der Waals surface area contributed by atoms with E-state index in [4.69, 9.17) is 4.74 Å². The van der Waals surface area contributed by atoms with E-state index in [1.807, 2.05) is 20.8 Å². The van der Waals surface area contributed by atoms with E-state index in [-0.39, 0.29) is 29.4 Å². The molecule has 0 aliphatic rings. The third-order valence-electron chi connectivity index (χ3n) is 6.23. The molecule has 5 rings (SSSR count). The zero-order chi connectivity index (χ0) is 29.1. The van der Waals surface area contributed by atoms with Gasteiger partial charge in [0.05, 0.1) is 45.9 Å². The Morgan fingerprint density at radius 1 is 1.07 bits per heavy atom. The molecule has 3 aromatic heterocycles. The zero-order valence-electron chi connectivity index (χ0n) is 23.1. The Labute approximate surface area is 239 Å². The number of ether oxygens (including phenoxy) is 1. The molecule has 0 fully saturated rings. The van der Waals surface area contributed by atoms with Crippen LogP contribution in [0, 0.1) is 12.7 Å². The number of carbonyl (C=O) groups is 1. The molecule has 1 amide bonds. The highest BCUT2D eigenvalue weighted by Crippen LogP contribution is 2.34. The summed E-state index contributed by atoms with van der Waals surface area (Å²) in [5.41, 5.74) is 2.01. The minimum absolute atomic E-state index is 0.0166. The van der Waals surface area contributed by atoms with Crippen molar-refractivity contribution in [1.82, 2.24) is 24.7 Å². The molecule has 9 nitrogen and oxygen atoms in total. The summed E-state index contributed by atoms with van der Waals surface area (Å²) in [6.45, 7) is 7.75. The van der Waals surface area contributed by atoms with Crippen molar-refractivity contribution in [2.24, 2.45) is 0 Å². The Balaban J connectivity index is 1.33. The summed E-state index contributed by atoms with van der Waals surface area (Å²) in [6, 6.07) is 11.6. The number of hydrogen-bond donors (Lipinski definition) is 1. The van der Waals surface area contributed by atoms with Crippen LogP contribution in [0.4, 0.5) is 10.1 Å². The van der Waals surface area contributed by atoms with Gasteiger partial charge >= 0.3 is 0 Å². The molecule has 1 atom stereocenters. The van der Waals surface area contributed by atoms with Crippen LogP contribution in [0.3, 0.4) is 0 Å². The number of aromatic nitrogens is 5. The number of hydrogen-bond acceptors (Lipinski definition) is 7. The number of pyridine rings is 1. The molecule has 3 heterocycles. The molecule has 0 radical (unpaired) electrons. The summed E-state index contributed by atoms with van der Waals surface area (Å²) in [6.07, 6.45) is 8.11. The molecule has 210 valence electrons. The highest BCUT2D eigenvalue weighted by molar-refractivity contribution is 7.84. The van der Waals surface area contributed by atoms with Crippen LogP contribution in [-0.4, -0.2) is 34.8 Å². The van der Waals surface area contributed by atoms with Gasteiger partial charge in [0.1, 0.15) is 11.6 Å². The number of carbonyl (C=O) groups excluding carboxylic acids is 1. The number of fused-ring (bicyclic) bond motifs is 1. The highest BCUT2D eigenvalue weighted by Gasteiger charge is 2.18.